The van der Waals surface area contributed by atoms with Gasteiger partial charge in [0.15, 0.2) is 0 Å². The summed E-state index contributed by atoms with van der Waals surface area (Å²) in [6.07, 6.45) is 5.83. The molecule has 23 heavy (non-hydrogen) atoms. The van der Waals surface area contributed by atoms with Gasteiger partial charge in [-0.05, 0) is 25.2 Å². The van der Waals surface area contributed by atoms with Crippen LogP contribution in [0.5, 0.6) is 0 Å². The molecule has 1 amide bonds. The van der Waals surface area contributed by atoms with Crippen molar-refractivity contribution in [2.45, 2.75) is 52.4 Å². The second-order valence-corrected chi connectivity index (χ2v) is 8.77. The molecule has 1 N–H and O–H groups in total. The monoisotopic (exact) mass is 347 g/mol. The van der Waals surface area contributed by atoms with Gasteiger partial charge in [0.05, 0.1) is 0 Å². The molecule has 1 rings (SSSR count). The Morgan fingerprint density at radius 1 is 1.26 bits per heavy atom. The van der Waals surface area contributed by atoms with Gasteiger partial charge in [-0.1, -0.05) is 33.1 Å². The summed E-state index contributed by atoms with van der Waals surface area (Å²) < 4.78 is 26.8. The van der Waals surface area contributed by atoms with Crippen molar-refractivity contribution in [3.05, 3.63) is 0 Å². The van der Waals surface area contributed by atoms with E-state index in [1.165, 1.54) is 35.5 Å². The van der Waals surface area contributed by atoms with Crippen LogP contribution in [-0.4, -0.2) is 56.7 Å². The number of rotatable bonds is 9. The number of hydrogen-bond donors (Lipinski definition) is 1. The van der Waals surface area contributed by atoms with E-state index in [2.05, 4.69) is 19.2 Å². The standard InChI is InChI=1S/C16H33N3O3S/c1-5-7-8-14(6-2)13-17-16(20)15-9-11-19(12-10-15)23(21,22)18(3)4/h14-15H,5-13H2,1-4H3,(H,17,20)/t14-/m0/s1. The Balaban J connectivity index is 2.40. The second-order valence-electron chi connectivity index (χ2n) is 6.63. The predicted octanol–water partition coefficient (Wildman–Crippen LogP) is 1.84. The van der Waals surface area contributed by atoms with Crippen molar-refractivity contribution in [1.29, 1.82) is 0 Å². The third-order valence-corrected chi connectivity index (χ3v) is 6.66. The number of carbonyl (C=O) groups is 1. The Hall–Kier alpha value is -0.660. The van der Waals surface area contributed by atoms with Crippen LogP contribution in [0.1, 0.15) is 52.4 Å². The molecular formula is C16H33N3O3S. The zero-order chi connectivity index (χ0) is 17.5. The van der Waals surface area contributed by atoms with Crippen LogP contribution >= 0.6 is 0 Å². The molecule has 1 aliphatic heterocycles. The van der Waals surface area contributed by atoms with Crippen LogP contribution in [0.25, 0.3) is 0 Å². The molecule has 1 aliphatic rings. The van der Waals surface area contributed by atoms with E-state index < -0.39 is 10.2 Å². The number of carbonyl (C=O) groups excluding carboxylic acids is 1. The quantitative estimate of drug-likeness (QED) is 0.692. The maximum absolute atomic E-state index is 12.3. The van der Waals surface area contributed by atoms with Crippen molar-refractivity contribution < 1.29 is 13.2 Å². The van der Waals surface area contributed by atoms with Gasteiger partial charge in [0.1, 0.15) is 0 Å². The smallest absolute Gasteiger partial charge is 0.281 e. The average molecular weight is 348 g/mol. The first kappa shape index (κ1) is 20.4. The SMILES string of the molecule is CCCC[C@H](CC)CNC(=O)C1CCN(S(=O)(=O)N(C)C)CC1. The zero-order valence-electron chi connectivity index (χ0n) is 15.0. The number of nitrogens with zero attached hydrogens (tertiary/aromatic N) is 2. The fraction of sp³-hybridized carbons (Fsp3) is 0.938. The summed E-state index contributed by atoms with van der Waals surface area (Å²) in [6, 6.07) is 0. The zero-order valence-corrected chi connectivity index (χ0v) is 15.9. The van der Waals surface area contributed by atoms with Crippen LogP contribution in [0.4, 0.5) is 0 Å². The Labute approximate surface area is 141 Å². The molecule has 0 saturated carbocycles. The van der Waals surface area contributed by atoms with Crippen LogP contribution < -0.4 is 5.32 Å². The predicted molar refractivity (Wildman–Crippen MR) is 93.2 cm³/mol. The van der Waals surface area contributed by atoms with E-state index >= 15 is 0 Å². The average Bonchev–Trinajstić information content (AvgIpc) is 2.54. The summed E-state index contributed by atoms with van der Waals surface area (Å²) in [4.78, 5) is 12.3. The molecule has 1 atom stereocenters. The molecule has 0 unspecified atom stereocenters. The van der Waals surface area contributed by atoms with Crippen molar-refractivity contribution >= 4 is 16.1 Å². The Kier molecular flexibility index (Phi) is 8.50. The van der Waals surface area contributed by atoms with Gasteiger partial charge in [-0.15, -0.1) is 0 Å². The minimum Gasteiger partial charge on any atom is -0.356 e. The first-order valence-corrected chi connectivity index (χ1v) is 10.2. The van der Waals surface area contributed by atoms with Gasteiger partial charge in [-0.2, -0.15) is 17.0 Å². The fourth-order valence-electron chi connectivity index (χ4n) is 2.91. The van der Waals surface area contributed by atoms with E-state index in [9.17, 15) is 13.2 Å². The summed E-state index contributed by atoms with van der Waals surface area (Å²) in [5, 5.41) is 3.07. The lowest BCUT2D eigenvalue weighted by molar-refractivity contribution is -0.126. The Morgan fingerprint density at radius 2 is 1.87 bits per heavy atom. The molecule has 1 saturated heterocycles. The van der Waals surface area contributed by atoms with Crippen molar-refractivity contribution in [3.63, 3.8) is 0 Å². The van der Waals surface area contributed by atoms with Crippen molar-refractivity contribution in [2.75, 3.05) is 33.7 Å². The molecule has 1 heterocycles. The van der Waals surface area contributed by atoms with Gasteiger partial charge in [-0.3, -0.25) is 4.79 Å². The number of hydrogen-bond acceptors (Lipinski definition) is 3. The summed E-state index contributed by atoms with van der Waals surface area (Å²) in [5.41, 5.74) is 0. The first-order chi connectivity index (χ1) is 10.8. The Morgan fingerprint density at radius 3 is 2.35 bits per heavy atom. The van der Waals surface area contributed by atoms with Gasteiger partial charge in [0.2, 0.25) is 5.91 Å². The number of piperidine rings is 1. The molecule has 0 aliphatic carbocycles. The molecule has 0 spiro atoms. The van der Waals surface area contributed by atoms with Gasteiger partial charge in [0.25, 0.3) is 10.2 Å². The van der Waals surface area contributed by atoms with Crippen molar-refractivity contribution in [3.8, 4) is 0 Å². The lowest BCUT2D eigenvalue weighted by atomic mass is 9.95. The van der Waals surface area contributed by atoms with Gasteiger partial charge in [-0.25, -0.2) is 0 Å². The van der Waals surface area contributed by atoms with E-state index in [1.807, 2.05) is 0 Å². The third kappa shape index (κ3) is 6.04. The molecule has 0 aromatic carbocycles. The normalized spacial score (nSPS) is 19.0. The van der Waals surface area contributed by atoms with Crippen LogP contribution in [-0.2, 0) is 15.0 Å². The number of unbranched alkanes of at least 4 members (excludes halogenated alkanes) is 1. The van der Waals surface area contributed by atoms with E-state index in [-0.39, 0.29) is 11.8 Å². The first-order valence-electron chi connectivity index (χ1n) is 8.78. The highest BCUT2D eigenvalue weighted by molar-refractivity contribution is 7.86. The molecule has 0 radical (unpaired) electrons. The topological polar surface area (TPSA) is 69.7 Å². The summed E-state index contributed by atoms with van der Waals surface area (Å²) >= 11 is 0. The van der Waals surface area contributed by atoms with Crippen molar-refractivity contribution in [1.82, 2.24) is 13.9 Å². The summed E-state index contributed by atoms with van der Waals surface area (Å²) in [6.45, 7) is 5.93. The summed E-state index contributed by atoms with van der Waals surface area (Å²) in [7, 11) is -0.280. The van der Waals surface area contributed by atoms with E-state index in [0.717, 1.165) is 19.4 Å². The molecule has 0 aromatic heterocycles. The molecule has 7 heteroatoms. The second kappa shape index (κ2) is 9.59. The molecule has 136 valence electrons. The molecule has 6 nitrogen and oxygen atoms in total. The lowest BCUT2D eigenvalue weighted by Crippen LogP contribution is -2.47. The van der Waals surface area contributed by atoms with Crippen LogP contribution in [0, 0.1) is 11.8 Å². The minimum atomic E-state index is -3.35. The highest BCUT2D eigenvalue weighted by Gasteiger charge is 2.32. The molecular weight excluding hydrogens is 314 g/mol. The van der Waals surface area contributed by atoms with Gasteiger partial charge < -0.3 is 5.32 Å². The number of amides is 1. The minimum absolute atomic E-state index is 0.0627. The molecule has 1 fully saturated rings. The van der Waals surface area contributed by atoms with Gasteiger partial charge >= 0.3 is 0 Å². The lowest BCUT2D eigenvalue weighted by Gasteiger charge is -2.32. The van der Waals surface area contributed by atoms with Crippen LogP contribution in [0.15, 0.2) is 0 Å². The van der Waals surface area contributed by atoms with Crippen LogP contribution in [0.2, 0.25) is 0 Å². The van der Waals surface area contributed by atoms with Crippen molar-refractivity contribution in [2.24, 2.45) is 11.8 Å². The number of nitrogens with one attached hydrogen (secondary N) is 1. The van der Waals surface area contributed by atoms with E-state index in [0.29, 0.717) is 31.8 Å². The largest absolute Gasteiger partial charge is 0.356 e. The fourth-order valence-corrected chi connectivity index (χ4v) is 4.05. The third-order valence-electron chi connectivity index (χ3n) is 4.72. The van der Waals surface area contributed by atoms with E-state index in [4.69, 9.17) is 0 Å². The highest BCUT2D eigenvalue weighted by Crippen LogP contribution is 2.21. The molecule has 0 aromatic rings. The highest BCUT2D eigenvalue weighted by atomic mass is 32.2. The summed E-state index contributed by atoms with van der Waals surface area (Å²) in [5.74, 6) is 0.572. The maximum Gasteiger partial charge on any atom is 0.281 e. The Bertz CT molecular complexity index is 457. The maximum atomic E-state index is 12.3. The van der Waals surface area contributed by atoms with E-state index in [1.54, 1.807) is 0 Å². The molecule has 0 bridgehead atoms. The van der Waals surface area contributed by atoms with Gasteiger partial charge in [0, 0.05) is 39.6 Å². The van der Waals surface area contributed by atoms with Crippen LogP contribution in [0.3, 0.4) is 0 Å².